The van der Waals surface area contributed by atoms with Crippen molar-refractivity contribution in [3.05, 3.63) is 53.4 Å². The van der Waals surface area contributed by atoms with Crippen molar-refractivity contribution in [3.63, 3.8) is 0 Å². The quantitative estimate of drug-likeness (QED) is 0.782. The molecule has 0 radical (unpaired) electrons. The van der Waals surface area contributed by atoms with Crippen LogP contribution < -0.4 is 5.32 Å². The maximum Gasteiger partial charge on any atom is 0.311 e. The van der Waals surface area contributed by atoms with Gasteiger partial charge in [-0.2, -0.15) is 0 Å². The first-order chi connectivity index (χ1) is 12.5. The fourth-order valence-corrected chi connectivity index (χ4v) is 2.86. The van der Waals surface area contributed by atoms with Gasteiger partial charge in [0.1, 0.15) is 5.76 Å². The van der Waals surface area contributed by atoms with E-state index in [2.05, 4.69) is 5.32 Å². The van der Waals surface area contributed by atoms with Crippen LogP contribution in [0, 0.1) is 5.92 Å². The third-order valence-electron chi connectivity index (χ3n) is 3.97. The summed E-state index contributed by atoms with van der Waals surface area (Å²) in [7, 11) is 0. The number of likely N-dealkylation sites (tertiary alicyclic amines) is 1. The van der Waals surface area contributed by atoms with Gasteiger partial charge in [0.25, 0.3) is 5.91 Å². The van der Waals surface area contributed by atoms with Gasteiger partial charge in [0.15, 0.2) is 6.61 Å². The maximum absolute atomic E-state index is 12.1. The molecule has 0 aliphatic carbocycles. The van der Waals surface area contributed by atoms with Gasteiger partial charge in [-0.25, -0.2) is 0 Å². The number of esters is 1. The molecule has 2 heterocycles. The van der Waals surface area contributed by atoms with Gasteiger partial charge >= 0.3 is 5.97 Å². The van der Waals surface area contributed by atoms with Crippen molar-refractivity contribution in [3.8, 4) is 0 Å². The highest BCUT2D eigenvalue weighted by molar-refractivity contribution is 6.33. The Morgan fingerprint density at radius 2 is 2.08 bits per heavy atom. The summed E-state index contributed by atoms with van der Waals surface area (Å²) in [4.78, 5) is 37.6. The molecule has 8 heteroatoms. The number of halogens is 1. The molecule has 1 aliphatic rings. The van der Waals surface area contributed by atoms with Crippen molar-refractivity contribution < 1.29 is 23.5 Å². The van der Waals surface area contributed by atoms with E-state index in [1.807, 2.05) is 0 Å². The minimum Gasteiger partial charge on any atom is -0.467 e. The Bertz CT molecular complexity index is 806. The SMILES string of the molecule is O=C(COC(=O)[C@@H]1CC(=O)N(Cc2ccco2)C1)Nc1ccccc1Cl. The molecule has 0 saturated carbocycles. The molecule has 1 fully saturated rings. The summed E-state index contributed by atoms with van der Waals surface area (Å²) in [5.41, 5.74) is 0.441. The van der Waals surface area contributed by atoms with Gasteiger partial charge in [-0.05, 0) is 24.3 Å². The topological polar surface area (TPSA) is 88.9 Å². The molecule has 2 aromatic rings. The molecule has 136 valence electrons. The van der Waals surface area contributed by atoms with Crippen molar-refractivity contribution >= 4 is 35.1 Å². The Hall–Kier alpha value is -2.80. The number of hydrogen-bond acceptors (Lipinski definition) is 5. The lowest BCUT2D eigenvalue weighted by atomic mass is 10.1. The number of carbonyl (C=O) groups excluding carboxylic acids is 3. The highest BCUT2D eigenvalue weighted by Gasteiger charge is 2.35. The summed E-state index contributed by atoms with van der Waals surface area (Å²) in [6.07, 6.45) is 1.59. The second kappa shape index (κ2) is 8.05. The zero-order valence-corrected chi connectivity index (χ0v) is 14.6. The summed E-state index contributed by atoms with van der Waals surface area (Å²) in [5.74, 6) is -1.17. The molecular weight excluding hydrogens is 360 g/mol. The predicted octanol–water partition coefficient (Wildman–Crippen LogP) is 2.46. The molecule has 0 bridgehead atoms. The average Bonchev–Trinajstić information content (AvgIpc) is 3.25. The highest BCUT2D eigenvalue weighted by Crippen LogP contribution is 2.22. The molecule has 1 aromatic carbocycles. The van der Waals surface area contributed by atoms with Crippen LogP contribution in [0.4, 0.5) is 5.69 Å². The average molecular weight is 377 g/mol. The van der Waals surface area contributed by atoms with E-state index >= 15 is 0 Å². The molecular formula is C18H17ClN2O5. The largest absolute Gasteiger partial charge is 0.467 e. The van der Waals surface area contributed by atoms with Gasteiger partial charge < -0.3 is 19.4 Å². The molecule has 0 spiro atoms. The summed E-state index contributed by atoms with van der Waals surface area (Å²) >= 11 is 5.95. The van der Waals surface area contributed by atoms with Crippen LogP contribution in [0.25, 0.3) is 0 Å². The van der Waals surface area contributed by atoms with E-state index in [1.54, 1.807) is 36.4 Å². The maximum atomic E-state index is 12.1. The van der Waals surface area contributed by atoms with E-state index in [4.69, 9.17) is 20.8 Å². The molecule has 1 saturated heterocycles. The van der Waals surface area contributed by atoms with E-state index in [9.17, 15) is 14.4 Å². The number of furan rings is 1. The third-order valence-corrected chi connectivity index (χ3v) is 4.30. The van der Waals surface area contributed by atoms with E-state index in [1.165, 1.54) is 11.2 Å². The minimum absolute atomic E-state index is 0.0612. The van der Waals surface area contributed by atoms with Crippen LogP contribution >= 0.6 is 11.6 Å². The Morgan fingerprint density at radius 1 is 1.27 bits per heavy atom. The first kappa shape index (κ1) is 18.0. The van der Waals surface area contributed by atoms with Crippen molar-refractivity contribution in [2.45, 2.75) is 13.0 Å². The molecule has 1 aliphatic heterocycles. The normalized spacial score (nSPS) is 16.6. The molecule has 3 rings (SSSR count). The van der Waals surface area contributed by atoms with Crippen molar-refractivity contribution in [1.29, 1.82) is 0 Å². The van der Waals surface area contributed by atoms with Crippen LogP contribution in [0.3, 0.4) is 0 Å². The highest BCUT2D eigenvalue weighted by atomic mass is 35.5. The molecule has 1 N–H and O–H groups in total. The number of hydrogen-bond donors (Lipinski definition) is 1. The molecule has 2 amide bonds. The van der Waals surface area contributed by atoms with Crippen molar-refractivity contribution in [2.75, 3.05) is 18.5 Å². The van der Waals surface area contributed by atoms with E-state index in [0.29, 0.717) is 23.0 Å². The lowest BCUT2D eigenvalue weighted by Crippen LogP contribution is -2.28. The number of rotatable bonds is 6. The molecule has 0 unspecified atom stereocenters. The lowest BCUT2D eigenvalue weighted by Gasteiger charge is -2.14. The fraction of sp³-hybridized carbons (Fsp3) is 0.278. The monoisotopic (exact) mass is 376 g/mol. The third kappa shape index (κ3) is 4.43. The summed E-state index contributed by atoms with van der Waals surface area (Å²) in [6, 6.07) is 10.2. The first-order valence-corrected chi connectivity index (χ1v) is 8.42. The zero-order chi connectivity index (χ0) is 18.5. The number of benzene rings is 1. The number of ether oxygens (including phenoxy) is 1. The van der Waals surface area contributed by atoms with Crippen LogP contribution in [0.2, 0.25) is 5.02 Å². The Kier molecular flexibility index (Phi) is 5.58. The number of amides is 2. The van der Waals surface area contributed by atoms with E-state index in [0.717, 1.165) is 0 Å². The smallest absolute Gasteiger partial charge is 0.311 e. The van der Waals surface area contributed by atoms with Crippen LogP contribution in [-0.2, 0) is 25.7 Å². The second-order valence-electron chi connectivity index (χ2n) is 5.89. The van der Waals surface area contributed by atoms with E-state index < -0.39 is 24.4 Å². The number of anilines is 1. The van der Waals surface area contributed by atoms with Crippen molar-refractivity contribution in [1.82, 2.24) is 4.90 Å². The van der Waals surface area contributed by atoms with Crippen LogP contribution in [0.1, 0.15) is 12.2 Å². The van der Waals surface area contributed by atoms with Gasteiger partial charge in [0, 0.05) is 13.0 Å². The van der Waals surface area contributed by atoms with Gasteiger partial charge in [0.05, 0.1) is 29.4 Å². The number of nitrogens with zero attached hydrogens (tertiary/aromatic N) is 1. The Labute approximate surface area is 154 Å². The number of nitrogens with one attached hydrogen (secondary N) is 1. The molecule has 7 nitrogen and oxygen atoms in total. The van der Waals surface area contributed by atoms with Crippen molar-refractivity contribution in [2.24, 2.45) is 5.92 Å². The Balaban J connectivity index is 1.47. The molecule has 1 aromatic heterocycles. The second-order valence-corrected chi connectivity index (χ2v) is 6.30. The predicted molar refractivity (Wildman–Crippen MR) is 93.3 cm³/mol. The minimum atomic E-state index is -0.592. The lowest BCUT2D eigenvalue weighted by molar-refractivity contribution is -0.151. The van der Waals surface area contributed by atoms with Gasteiger partial charge in [0.2, 0.25) is 5.91 Å². The molecule has 1 atom stereocenters. The number of carbonyl (C=O) groups is 3. The summed E-state index contributed by atoms with van der Waals surface area (Å²) < 4.78 is 10.2. The van der Waals surface area contributed by atoms with Gasteiger partial charge in [-0.3, -0.25) is 14.4 Å². The summed E-state index contributed by atoms with van der Waals surface area (Å²) in [5, 5.41) is 2.96. The van der Waals surface area contributed by atoms with Gasteiger partial charge in [-0.15, -0.1) is 0 Å². The Morgan fingerprint density at radius 3 is 2.81 bits per heavy atom. The van der Waals surface area contributed by atoms with Crippen LogP contribution in [0.15, 0.2) is 47.1 Å². The summed E-state index contributed by atoms with van der Waals surface area (Å²) in [6.45, 7) is 0.111. The van der Waals surface area contributed by atoms with Gasteiger partial charge in [-0.1, -0.05) is 23.7 Å². The van der Waals surface area contributed by atoms with Crippen LogP contribution in [0.5, 0.6) is 0 Å². The van der Waals surface area contributed by atoms with Crippen LogP contribution in [-0.4, -0.2) is 35.8 Å². The number of para-hydroxylation sites is 1. The standard InChI is InChI=1S/C18H17ClN2O5/c19-14-5-1-2-6-15(14)20-16(22)11-26-18(24)12-8-17(23)21(9-12)10-13-4-3-7-25-13/h1-7,12H,8-11H2,(H,20,22)/t12-/m1/s1. The fourth-order valence-electron chi connectivity index (χ4n) is 2.68. The first-order valence-electron chi connectivity index (χ1n) is 8.04. The molecule has 26 heavy (non-hydrogen) atoms. The zero-order valence-electron chi connectivity index (χ0n) is 13.8. The van der Waals surface area contributed by atoms with E-state index in [-0.39, 0.29) is 18.9 Å².